The van der Waals surface area contributed by atoms with E-state index in [-0.39, 0.29) is 6.42 Å². The van der Waals surface area contributed by atoms with Gasteiger partial charge < -0.3 is 10.0 Å². The number of hydrogen-bond donors (Lipinski definition) is 1. The van der Waals surface area contributed by atoms with Crippen molar-refractivity contribution in [1.29, 1.82) is 0 Å². The number of hydrogen-bond acceptors (Lipinski definition) is 2. The molecule has 3 heteroatoms. The lowest BCUT2D eigenvalue weighted by Crippen LogP contribution is -2.34. The van der Waals surface area contributed by atoms with Crippen molar-refractivity contribution in [2.75, 3.05) is 18.0 Å². The highest BCUT2D eigenvalue weighted by molar-refractivity contribution is 5.68. The van der Waals surface area contributed by atoms with Crippen molar-refractivity contribution < 1.29 is 9.90 Å². The van der Waals surface area contributed by atoms with Crippen molar-refractivity contribution in [3.8, 4) is 0 Å². The summed E-state index contributed by atoms with van der Waals surface area (Å²) >= 11 is 0. The molecule has 1 aromatic carbocycles. The van der Waals surface area contributed by atoms with Crippen LogP contribution in [0.5, 0.6) is 0 Å². The number of anilines is 1. The molecule has 3 rings (SSSR count). The van der Waals surface area contributed by atoms with E-state index in [0.29, 0.717) is 6.54 Å². The Morgan fingerprint density at radius 1 is 1.29 bits per heavy atom. The van der Waals surface area contributed by atoms with Crippen LogP contribution in [0.3, 0.4) is 0 Å². The second-order valence-electron chi connectivity index (χ2n) is 6.81. The third kappa shape index (κ3) is 3.22. The molecule has 2 fully saturated rings. The zero-order valence-electron chi connectivity index (χ0n) is 12.8. The Labute approximate surface area is 127 Å². The minimum absolute atomic E-state index is 0.217. The lowest BCUT2D eigenvalue weighted by Gasteiger charge is -2.32. The Bertz CT molecular complexity index is 514. The summed E-state index contributed by atoms with van der Waals surface area (Å²) in [5.74, 6) is 1.88. The number of carboxylic acid groups (broad SMARTS) is 1. The summed E-state index contributed by atoms with van der Waals surface area (Å²) in [4.78, 5) is 13.3. The largest absolute Gasteiger partial charge is 0.481 e. The van der Waals surface area contributed by atoms with E-state index in [1.165, 1.54) is 36.9 Å². The number of fused-ring (bicyclic) bond motifs is 2. The van der Waals surface area contributed by atoms with Gasteiger partial charge in [-0.2, -0.15) is 0 Å². The van der Waals surface area contributed by atoms with Gasteiger partial charge in [-0.3, -0.25) is 4.79 Å². The van der Waals surface area contributed by atoms with E-state index in [2.05, 4.69) is 30.0 Å². The van der Waals surface area contributed by atoms with Crippen molar-refractivity contribution in [2.24, 2.45) is 17.8 Å². The van der Waals surface area contributed by atoms with Crippen LogP contribution in [-0.2, 0) is 4.79 Å². The van der Waals surface area contributed by atoms with E-state index in [9.17, 15) is 4.79 Å². The van der Waals surface area contributed by atoms with Crippen molar-refractivity contribution >= 4 is 11.7 Å². The first-order valence-electron chi connectivity index (χ1n) is 8.16. The van der Waals surface area contributed by atoms with Crippen LogP contribution in [0.2, 0.25) is 0 Å². The number of carbonyl (C=O) groups is 1. The fourth-order valence-corrected chi connectivity index (χ4v) is 4.34. The van der Waals surface area contributed by atoms with Crippen LogP contribution in [0.4, 0.5) is 5.69 Å². The molecule has 0 aromatic heterocycles. The average Bonchev–Trinajstić information content (AvgIpc) is 3.06. The van der Waals surface area contributed by atoms with Gasteiger partial charge in [-0.05, 0) is 55.6 Å². The molecule has 114 valence electrons. The maximum absolute atomic E-state index is 11.0. The Kier molecular flexibility index (Phi) is 4.18. The number of aliphatic carboxylic acids is 1. The lowest BCUT2D eigenvalue weighted by atomic mass is 9.88. The summed E-state index contributed by atoms with van der Waals surface area (Å²) in [7, 11) is 0. The van der Waals surface area contributed by atoms with Crippen LogP contribution in [-0.4, -0.2) is 24.2 Å². The Hall–Kier alpha value is -1.51. The summed E-state index contributed by atoms with van der Waals surface area (Å²) < 4.78 is 0. The molecule has 0 heterocycles. The van der Waals surface area contributed by atoms with E-state index < -0.39 is 5.97 Å². The molecule has 0 amide bonds. The summed E-state index contributed by atoms with van der Waals surface area (Å²) in [5, 5.41) is 9.02. The van der Waals surface area contributed by atoms with Crippen molar-refractivity contribution in [1.82, 2.24) is 0 Å². The van der Waals surface area contributed by atoms with Gasteiger partial charge in [0.05, 0.1) is 6.42 Å². The molecule has 0 radical (unpaired) electrons. The highest BCUT2D eigenvalue weighted by atomic mass is 16.4. The molecule has 0 saturated heterocycles. The normalized spacial score (nSPS) is 27.0. The molecule has 1 aromatic rings. The zero-order chi connectivity index (χ0) is 14.8. The summed E-state index contributed by atoms with van der Waals surface area (Å²) in [5.41, 5.74) is 2.45. The minimum atomic E-state index is -0.707. The number of benzene rings is 1. The van der Waals surface area contributed by atoms with E-state index >= 15 is 0 Å². The van der Waals surface area contributed by atoms with Crippen LogP contribution in [0, 0.1) is 24.7 Å². The summed E-state index contributed by atoms with van der Waals surface area (Å²) in [6, 6.07) is 8.34. The predicted molar refractivity (Wildman–Crippen MR) is 84.6 cm³/mol. The molecular weight excluding hydrogens is 262 g/mol. The van der Waals surface area contributed by atoms with Gasteiger partial charge in [0.1, 0.15) is 0 Å². The Balaban J connectivity index is 1.73. The molecular formula is C18H25NO2. The second kappa shape index (κ2) is 6.08. The molecule has 3 atom stereocenters. The molecule has 2 aliphatic carbocycles. The highest BCUT2D eigenvalue weighted by Crippen LogP contribution is 2.48. The maximum Gasteiger partial charge on any atom is 0.305 e. The molecule has 0 spiro atoms. The SMILES string of the molecule is Cc1ccccc1N(CCC(=O)O)CC1CC2CCC1C2. The van der Waals surface area contributed by atoms with Gasteiger partial charge >= 0.3 is 5.97 Å². The fourth-order valence-electron chi connectivity index (χ4n) is 4.34. The predicted octanol–water partition coefficient (Wildman–Crippen LogP) is 3.71. The lowest BCUT2D eigenvalue weighted by molar-refractivity contribution is -0.136. The van der Waals surface area contributed by atoms with Crippen LogP contribution in [0.1, 0.15) is 37.7 Å². The number of rotatable bonds is 6. The average molecular weight is 287 g/mol. The first-order chi connectivity index (χ1) is 10.1. The third-order valence-electron chi connectivity index (χ3n) is 5.39. The first-order valence-corrected chi connectivity index (χ1v) is 8.16. The van der Waals surface area contributed by atoms with Crippen LogP contribution < -0.4 is 4.90 Å². The van der Waals surface area contributed by atoms with Gasteiger partial charge in [-0.1, -0.05) is 24.6 Å². The van der Waals surface area contributed by atoms with Gasteiger partial charge in [-0.15, -0.1) is 0 Å². The molecule has 2 aliphatic rings. The molecule has 3 unspecified atom stereocenters. The maximum atomic E-state index is 11.0. The van der Waals surface area contributed by atoms with E-state index in [1.54, 1.807) is 0 Å². The van der Waals surface area contributed by atoms with Crippen LogP contribution >= 0.6 is 0 Å². The van der Waals surface area contributed by atoms with E-state index in [4.69, 9.17) is 5.11 Å². The zero-order valence-corrected chi connectivity index (χ0v) is 12.8. The fraction of sp³-hybridized carbons (Fsp3) is 0.611. The molecule has 2 bridgehead atoms. The van der Waals surface area contributed by atoms with Gasteiger partial charge in [-0.25, -0.2) is 0 Å². The Morgan fingerprint density at radius 2 is 2.10 bits per heavy atom. The molecule has 21 heavy (non-hydrogen) atoms. The monoisotopic (exact) mass is 287 g/mol. The number of nitrogens with zero attached hydrogens (tertiary/aromatic N) is 1. The standard InChI is InChI=1S/C18H25NO2/c1-13-4-2-3-5-17(13)19(9-8-18(20)21)12-16-11-14-6-7-15(16)10-14/h2-5,14-16H,6-12H2,1H3,(H,20,21). The van der Waals surface area contributed by atoms with Gasteiger partial charge in [0.25, 0.3) is 0 Å². The Morgan fingerprint density at radius 3 is 2.71 bits per heavy atom. The van der Waals surface area contributed by atoms with Crippen molar-refractivity contribution in [2.45, 2.75) is 39.0 Å². The third-order valence-corrected chi connectivity index (χ3v) is 5.39. The second-order valence-corrected chi connectivity index (χ2v) is 6.81. The quantitative estimate of drug-likeness (QED) is 0.867. The number of para-hydroxylation sites is 1. The van der Waals surface area contributed by atoms with Crippen molar-refractivity contribution in [3.05, 3.63) is 29.8 Å². The number of carboxylic acids is 1. The minimum Gasteiger partial charge on any atom is -0.481 e. The summed E-state index contributed by atoms with van der Waals surface area (Å²) in [6.07, 6.45) is 5.77. The van der Waals surface area contributed by atoms with Crippen LogP contribution in [0.25, 0.3) is 0 Å². The molecule has 0 aliphatic heterocycles. The van der Waals surface area contributed by atoms with Gasteiger partial charge in [0, 0.05) is 18.8 Å². The van der Waals surface area contributed by atoms with Crippen LogP contribution in [0.15, 0.2) is 24.3 Å². The molecule has 2 saturated carbocycles. The molecule has 1 N–H and O–H groups in total. The van der Waals surface area contributed by atoms with E-state index in [1.807, 2.05) is 6.07 Å². The smallest absolute Gasteiger partial charge is 0.305 e. The van der Waals surface area contributed by atoms with Crippen molar-refractivity contribution in [3.63, 3.8) is 0 Å². The molecule has 3 nitrogen and oxygen atoms in total. The van der Waals surface area contributed by atoms with Gasteiger partial charge in [0.2, 0.25) is 0 Å². The first kappa shape index (κ1) is 14.4. The highest BCUT2D eigenvalue weighted by Gasteiger charge is 2.40. The topological polar surface area (TPSA) is 40.5 Å². The van der Waals surface area contributed by atoms with E-state index in [0.717, 1.165) is 24.3 Å². The number of aryl methyl sites for hydroxylation is 1. The van der Waals surface area contributed by atoms with Gasteiger partial charge in [0.15, 0.2) is 0 Å². The summed E-state index contributed by atoms with van der Waals surface area (Å²) in [6.45, 7) is 3.76.